The minimum Gasteiger partial charge on any atom is -0.390 e. The first kappa shape index (κ1) is 13.5. The van der Waals surface area contributed by atoms with Gasteiger partial charge in [-0.05, 0) is 55.4 Å². The number of nitrogens with two attached hydrogens (primary N) is 1. The van der Waals surface area contributed by atoms with Gasteiger partial charge in [0, 0.05) is 0 Å². The number of rotatable bonds is 3. The van der Waals surface area contributed by atoms with Crippen molar-refractivity contribution >= 4 is 10.0 Å². The van der Waals surface area contributed by atoms with Gasteiger partial charge in [0.1, 0.15) is 0 Å². The van der Waals surface area contributed by atoms with Gasteiger partial charge in [0.05, 0.1) is 10.5 Å². The summed E-state index contributed by atoms with van der Waals surface area (Å²) in [5.74, 6) is 0.324. The van der Waals surface area contributed by atoms with Crippen LogP contribution in [0.2, 0.25) is 0 Å². The van der Waals surface area contributed by atoms with Crippen molar-refractivity contribution in [1.82, 2.24) is 0 Å². The zero-order valence-corrected chi connectivity index (χ0v) is 11.5. The number of primary sulfonamides is 1. The molecule has 5 heteroatoms. The Morgan fingerprint density at radius 2 is 2.06 bits per heavy atom. The first-order chi connectivity index (χ1) is 8.25. The molecule has 0 atom stereocenters. The number of sulfonamides is 1. The highest BCUT2D eigenvalue weighted by molar-refractivity contribution is 7.89. The molecule has 2 rings (SSSR count). The molecule has 1 aliphatic rings. The lowest BCUT2D eigenvalue weighted by molar-refractivity contribution is -0.0517. The van der Waals surface area contributed by atoms with Gasteiger partial charge in [0.2, 0.25) is 10.0 Å². The van der Waals surface area contributed by atoms with Crippen molar-refractivity contribution in [2.24, 2.45) is 5.14 Å². The molecule has 0 spiro atoms. The molecule has 3 N–H and O–H groups in total. The van der Waals surface area contributed by atoms with Crippen LogP contribution in [0.25, 0.3) is 0 Å². The highest BCUT2D eigenvalue weighted by Crippen LogP contribution is 2.47. The average Bonchev–Trinajstić information content (AvgIpc) is 2.24. The third-order valence-electron chi connectivity index (χ3n) is 3.92. The summed E-state index contributed by atoms with van der Waals surface area (Å²) in [6.07, 6.45) is 2.26. The zero-order valence-electron chi connectivity index (χ0n) is 10.7. The number of aliphatic hydroxyl groups is 1. The normalized spacial score (nSPS) is 27.9. The molecule has 0 bridgehead atoms. The summed E-state index contributed by atoms with van der Waals surface area (Å²) in [6, 6.07) is 4.96. The van der Waals surface area contributed by atoms with Crippen molar-refractivity contribution in [3.63, 3.8) is 0 Å². The van der Waals surface area contributed by atoms with E-state index in [4.69, 9.17) is 5.14 Å². The fourth-order valence-corrected chi connectivity index (χ4v) is 3.25. The van der Waals surface area contributed by atoms with Gasteiger partial charge in [-0.1, -0.05) is 13.0 Å². The van der Waals surface area contributed by atoms with E-state index in [-0.39, 0.29) is 4.90 Å². The van der Waals surface area contributed by atoms with Crippen LogP contribution in [-0.4, -0.2) is 19.1 Å². The summed E-state index contributed by atoms with van der Waals surface area (Å²) in [5.41, 5.74) is 1.50. The van der Waals surface area contributed by atoms with Crippen LogP contribution in [0, 0.1) is 6.92 Å². The Hall–Kier alpha value is -0.910. The molecule has 0 aromatic heterocycles. The van der Waals surface area contributed by atoms with E-state index in [2.05, 4.69) is 0 Å². The van der Waals surface area contributed by atoms with Crippen molar-refractivity contribution in [3.8, 4) is 0 Å². The van der Waals surface area contributed by atoms with Gasteiger partial charge in [-0.2, -0.15) is 0 Å². The van der Waals surface area contributed by atoms with Gasteiger partial charge in [-0.25, -0.2) is 13.6 Å². The molecule has 0 amide bonds. The Morgan fingerprint density at radius 1 is 1.44 bits per heavy atom. The van der Waals surface area contributed by atoms with Crippen LogP contribution >= 0.6 is 0 Å². The highest BCUT2D eigenvalue weighted by atomic mass is 32.2. The standard InChI is InChI=1S/C13H19NO3S/c1-3-13(15)7-10(8-13)12-5-4-11(6-9(12)2)18(14,16)17/h4-6,10,15H,3,7-8H2,1-2H3,(H2,14,16,17). The lowest BCUT2D eigenvalue weighted by Gasteiger charge is -2.44. The molecule has 0 saturated heterocycles. The van der Waals surface area contributed by atoms with E-state index in [0.29, 0.717) is 5.92 Å². The molecular weight excluding hydrogens is 250 g/mol. The third-order valence-corrected chi connectivity index (χ3v) is 4.83. The molecule has 0 aliphatic heterocycles. The molecule has 1 fully saturated rings. The van der Waals surface area contributed by atoms with E-state index in [9.17, 15) is 13.5 Å². The predicted octanol–water partition coefficient (Wildman–Crippen LogP) is 1.66. The van der Waals surface area contributed by atoms with Crippen molar-refractivity contribution in [3.05, 3.63) is 29.3 Å². The lowest BCUT2D eigenvalue weighted by Crippen LogP contribution is -2.41. The maximum Gasteiger partial charge on any atom is 0.238 e. The molecule has 1 aromatic carbocycles. The molecule has 100 valence electrons. The number of benzene rings is 1. The second kappa shape index (κ2) is 4.33. The van der Waals surface area contributed by atoms with Gasteiger partial charge in [-0.3, -0.25) is 0 Å². The van der Waals surface area contributed by atoms with Crippen LogP contribution in [0.4, 0.5) is 0 Å². The molecule has 0 radical (unpaired) electrons. The minimum absolute atomic E-state index is 0.147. The van der Waals surface area contributed by atoms with Gasteiger partial charge in [0.25, 0.3) is 0 Å². The van der Waals surface area contributed by atoms with Gasteiger partial charge < -0.3 is 5.11 Å². The third kappa shape index (κ3) is 2.43. The second-order valence-electron chi connectivity index (χ2n) is 5.25. The lowest BCUT2D eigenvalue weighted by atomic mass is 9.66. The average molecular weight is 269 g/mol. The summed E-state index contributed by atoms with van der Waals surface area (Å²) in [5, 5.41) is 15.1. The van der Waals surface area contributed by atoms with Gasteiger partial charge in [-0.15, -0.1) is 0 Å². The highest BCUT2D eigenvalue weighted by Gasteiger charge is 2.42. The van der Waals surface area contributed by atoms with Crippen molar-refractivity contribution in [2.75, 3.05) is 0 Å². The van der Waals surface area contributed by atoms with Crippen LogP contribution in [0.5, 0.6) is 0 Å². The van der Waals surface area contributed by atoms with E-state index in [0.717, 1.165) is 30.4 Å². The van der Waals surface area contributed by atoms with E-state index >= 15 is 0 Å². The van der Waals surface area contributed by atoms with Crippen LogP contribution in [0.1, 0.15) is 43.2 Å². The molecule has 0 heterocycles. The second-order valence-corrected chi connectivity index (χ2v) is 6.81. The summed E-state index contributed by atoms with van der Waals surface area (Å²) in [7, 11) is -3.63. The molecule has 0 unspecified atom stereocenters. The molecular formula is C13H19NO3S. The topological polar surface area (TPSA) is 80.4 Å². The summed E-state index contributed by atoms with van der Waals surface area (Å²) in [6.45, 7) is 3.86. The first-order valence-corrected chi connectivity index (χ1v) is 7.65. The zero-order chi connectivity index (χ0) is 13.6. The Kier molecular flexibility index (Phi) is 3.25. The molecule has 4 nitrogen and oxygen atoms in total. The van der Waals surface area contributed by atoms with E-state index in [1.807, 2.05) is 19.9 Å². The van der Waals surface area contributed by atoms with Crippen LogP contribution in [0.15, 0.2) is 23.1 Å². The quantitative estimate of drug-likeness (QED) is 0.875. The van der Waals surface area contributed by atoms with Crippen molar-refractivity contribution < 1.29 is 13.5 Å². The maximum absolute atomic E-state index is 11.2. The number of hydrogen-bond donors (Lipinski definition) is 2. The monoisotopic (exact) mass is 269 g/mol. The predicted molar refractivity (Wildman–Crippen MR) is 69.8 cm³/mol. The Morgan fingerprint density at radius 3 is 2.50 bits per heavy atom. The summed E-state index contributed by atoms with van der Waals surface area (Å²) >= 11 is 0. The Balaban J connectivity index is 2.23. The Labute approximate surface area is 108 Å². The molecule has 18 heavy (non-hydrogen) atoms. The van der Waals surface area contributed by atoms with Crippen molar-refractivity contribution in [1.29, 1.82) is 0 Å². The fourth-order valence-electron chi connectivity index (χ4n) is 2.65. The van der Waals surface area contributed by atoms with Gasteiger partial charge in [0.15, 0.2) is 0 Å². The minimum atomic E-state index is -3.63. The van der Waals surface area contributed by atoms with E-state index in [1.54, 1.807) is 12.1 Å². The number of aryl methyl sites for hydroxylation is 1. The Bertz CT molecular complexity index is 560. The largest absolute Gasteiger partial charge is 0.390 e. The van der Waals surface area contributed by atoms with Gasteiger partial charge >= 0.3 is 0 Å². The van der Waals surface area contributed by atoms with Crippen LogP contribution < -0.4 is 5.14 Å². The van der Waals surface area contributed by atoms with E-state index < -0.39 is 15.6 Å². The number of hydrogen-bond acceptors (Lipinski definition) is 3. The van der Waals surface area contributed by atoms with Crippen LogP contribution in [0.3, 0.4) is 0 Å². The van der Waals surface area contributed by atoms with Crippen molar-refractivity contribution in [2.45, 2.75) is 49.5 Å². The van der Waals surface area contributed by atoms with Crippen LogP contribution in [-0.2, 0) is 10.0 Å². The molecule has 1 aromatic rings. The molecule has 1 saturated carbocycles. The molecule has 1 aliphatic carbocycles. The maximum atomic E-state index is 11.2. The van der Waals surface area contributed by atoms with E-state index in [1.165, 1.54) is 0 Å². The first-order valence-electron chi connectivity index (χ1n) is 6.11. The SMILES string of the molecule is CCC1(O)CC(c2ccc(S(N)(=O)=O)cc2C)C1. The summed E-state index contributed by atoms with van der Waals surface area (Å²) < 4.78 is 22.5. The smallest absolute Gasteiger partial charge is 0.238 e. The summed E-state index contributed by atoms with van der Waals surface area (Å²) in [4.78, 5) is 0.147. The fraction of sp³-hybridized carbons (Fsp3) is 0.538.